The SMILES string of the molecule is CCc1cc(-c2nc(C)ncc2C(=O)O)ccc1OC. The van der Waals surface area contributed by atoms with Crippen LogP contribution in [0.5, 0.6) is 5.75 Å². The van der Waals surface area contributed by atoms with Gasteiger partial charge in [-0.05, 0) is 37.1 Å². The zero-order valence-corrected chi connectivity index (χ0v) is 11.7. The fraction of sp³-hybridized carbons (Fsp3) is 0.267. The number of carbonyl (C=O) groups is 1. The Morgan fingerprint density at radius 3 is 2.75 bits per heavy atom. The Bertz CT molecular complexity index is 654. The lowest BCUT2D eigenvalue weighted by Gasteiger charge is -2.10. The van der Waals surface area contributed by atoms with Gasteiger partial charge < -0.3 is 9.84 Å². The fourth-order valence-electron chi connectivity index (χ4n) is 2.05. The van der Waals surface area contributed by atoms with E-state index in [0.717, 1.165) is 23.3 Å². The first kappa shape index (κ1) is 14.0. The molecule has 0 radical (unpaired) electrons. The molecule has 2 rings (SSSR count). The van der Waals surface area contributed by atoms with E-state index in [-0.39, 0.29) is 5.56 Å². The molecule has 1 aromatic heterocycles. The molecule has 5 heteroatoms. The van der Waals surface area contributed by atoms with Gasteiger partial charge in [0.2, 0.25) is 0 Å². The van der Waals surface area contributed by atoms with Crippen LogP contribution in [0, 0.1) is 6.92 Å². The van der Waals surface area contributed by atoms with Crippen molar-refractivity contribution >= 4 is 5.97 Å². The number of aryl methyl sites for hydroxylation is 2. The van der Waals surface area contributed by atoms with Gasteiger partial charge in [0.1, 0.15) is 17.1 Å². The summed E-state index contributed by atoms with van der Waals surface area (Å²) in [6.45, 7) is 3.75. The van der Waals surface area contributed by atoms with E-state index in [1.54, 1.807) is 14.0 Å². The number of ether oxygens (including phenoxy) is 1. The van der Waals surface area contributed by atoms with Gasteiger partial charge in [-0.15, -0.1) is 0 Å². The number of methoxy groups -OCH3 is 1. The van der Waals surface area contributed by atoms with Crippen molar-refractivity contribution in [3.05, 3.63) is 41.3 Å². The van der Waals surface area contributed by atoms with Crippen LogP contribution in [0.4, 0.5) is 0 Å². The minimum atomic E-state index is -1.03. The van der Waals surface area contributed by atoms with Gasteiger partial charge in [0.15, 0.2) is 0 Å². The molecule has 0 bridgehead atoms. The van der Waals surface area contributed by atoms with Crippen LogP contribution in [0.3, 0.4) is 0 Å². The molecule has 0 saturated carbocycles. The Labute approximate surface area is 117 Å². The van der Waals surface area contributed by atoms with Crippen molar-refractivity contribution in [2.45, 2.75) is 20.3 Å². The van der Waals surface area contributed by atoms with Crippen LogP contribution in [-0.2, 0) is 6.42 Å². The summed E-state index contributed by atoms with van der Waals surface area (Å²) in [5.41, 5.74) is 2.30. The molecule has 1 aromatic carbocycles. The normalized spacial score (nSPS) is 10.3. The highest BCUT2D eigenvalue weighted by atomic mass is 16.5. The number of nitrogens with zero attached hydrogens (tertiary/aromatic N) is 2. The number of hydrogen-bond acceptors (Lipinski definition) is 4. The van der Waals surface area contributed by atoms with Crippen LogP contribution >= 0.6 is 0 Å². The molecular formula is C15H16N2O3. The maximum absolute atomic E-state index is 11.3. The van der Waals surface area contributed by atoms with Crippen molar-refractivity contribution in [1.29, 1.82) is 0 Å². The molecule has 0 saturated heterocycles. The molecule has 0 aliphatic rings. The maximum atomic E-state index is 11.3. The molecule has 0 amide bonds. The quantitative estimate of drug-likeness (QED) is 0.926. The average Bonchev–Trinajstić information content (AvgIpc) is 2.46. The second kappa shape index (κ2) is 5.69. The van der Waals surface area contributed by atoms with Crippen molar-refractivity contribution < 1.29 is 14.6 Å². The second-order valence-corrected chi connectivity index (χ2v) is 4.36. The van der Waals surface area contributed by atoms with Crippen molar-refractivity contribution in [3.8, 4) is 17.0 Å². The van der Waals surface area contributed by atoms with Gasteiger partial charge in [-0.25, -0.2) is 14.8 Å². The third-order valence-electron chi connectivity index (χ3n) is 3.07. The standard InChI is InChI=1S/C15H16N2O3/c1-4-10-7-11(5-6-13(10)20-3)14-12(15(18)19)8-16-9(2)17-14/h5-8H,4H2,1-3H3,(H,18,19). The first-order valence-electron chi connectivity index (χ1n) is 6.31. The monoisotopic (exact) mass is 272 g/mol. The highest BCUT2D eigenvalue weighted by molar-refractivity contribution is 5.94. The predicted molar refractivity (Wildman–Crippen MR) is 75.1 cm³/mol. The molecule has 0 fully saturated rings. The topological polar surface area (TPSA) is 72.3 Å². The Morgan fingerprint density at radius 2 is 2.15 bits per heavy atom. The molecule has 5 nitrogen and oxygen atoms in total. The van der Waals surface area contributed by atoms with E-state index in [1.165, 1.54) is 6.20 Å². The molecule has 20 heavy (non-hydrogen) atoms. The van der Waals surface area contributed by atoms with E-state index in [4.69, 9.17) is 4.74 Å². The Kier molecular flexibility index (Phi) is 3.98. The second-order valence-electron chi connectivity index (χ2n) is 4.36. The summed E-state index contributed by atoms with van der Waals surface area (Å²) in [5.74, 6) is 0.298. The van der Waals surface area contributed by atoms with E-state index in [9.17, 15) is 9.90 Å². The molecule has 0 unspecified atom stereocenters. The van der Waals surface area contributed by atoms with Gasteiger partial charge in [-0.3, -0.25) is 0 Å². The van der Waals surface area contributed by atoms with E-state index in [1.807, 2.05) is 25.1 Å². The van der Waals surface area contributed by atoms with E-state index >= 15 is 0 Å². The lowest BCUT2D eigenvalue weighted by atomic mass is 10.0. The van der Waals surface area contributed by atoms with Gasteiger partial charge in [0.25, 0.3) is 0 Å². The molecule has 0 aliphatic heterocycles. The van der Waals surface area contributed by atoms with Gasteiger partial charge in [-0.2, -0.15) is 0 Å². The van der Waals surface area contributed by atoms with Crippen LogP contribution in [0.1, 0.15) is 28.7 Å². The Morgan fingerprint density at radius 1 is 1.40 bits per heavy atom. The van der Waals surface area contributed by atoms with E-state index in [0.29, 0.717) is 11.5 Å². The molecular weight excluding hydrogens is 256 g/mol. The summed E-state index contributed by atoms with van der Waals surface area (Å²) in [6, 6.07) is 5.55. The molecule has 1 heterocycles. The summed E-state index contributed by atoms with van der Waals surface area (Å²) in [5, 5.41) is 9.24. The van der Waals surface area contributed by atoms with Crippen molar-refractivity contribution in [3.63, 3.8) is 0 Å². The van der Waals surface area contributed by atoms with E-state index < -0.39 is 5.97 Å². The number of hydrogen-bond donors (Lipinski definition) is 1. The number of rotatable bonds is 4. The summed E-state index contributed by atoms with van der Waals surface area (Å²) in [6.07, 6.45) is 2.14. The molecule has 0 aliphatic carbocycles. The molecule has 2 aromatic rings. The summed E-state index contributed by atoms with van der Waals surface area (Å²) in [7, 11) is 1.62. The highest BCUT2D eigenvalue weighted by Gasteiger charge is 2.15. The summed E-state index contributed by atoms with van der Waals surface area (Å²) in [4.78, 5) is 19.5. The predicted octanol–water partition coefficient (Wildman–Crippen LogP) is 2.72. The summed E-state index contributed by atoms with van der Waals surface area (Å²) < 4.78 is 5.28. The van der Waals surface area contributed by atoms with Crippen molar-refractivity contribution in [2.24, 2.45) is 0 Å². The number of benzene rings is 1. The number of aromatic nitrogens is 2. The van der Waals surface area contributed by atoms with Gasteiger partial charge in [-0.1, -0.05) is 6.92 Å². The van der Waals surface area contributed by atoms with Crippen LogP contribution in [0.15, 0.2) is 24.4 Å². The highest BCUT2D eigenvalue weighted by Crippen LogP contribution is 2.28. The van der Waals surface area contributed by atoms with Crippen molar-refractivity contribution in [2.75, 3.05) is 7.11 Å². The molecule has 1 N–H and O–H groups in total. The lowest BCUT2D eigenvalue weighted by Crippen LogP contribution is -2.05. The van der Waals surface area contributed by atoms with Gasteiger partial charge >= 0.3 is 5.97 Å². The minimum absolute atomic E-state index is 0.0998. The van der Waals surface area contributed by atoms with Crippen LogP contribution < -0.4 is 4.74 Å². The maximum Gasteiger partial charge on any atom is 0.339 e. The first-order valence-corrected chi connectivity index (χ1v) is 6.31. The molecule has 0 atom stereocenters. The van der Waals surface area contributed by atoms with Crippen molar-refractivity contribution in [1.82, 2.24) is 9.97 Å². The van der Waals surface area contributed by atoms with Crippen LogP contribution in [0.2, 0.25) is 0 Å². The lowest BCUT2D eigenvalue weighted by molar-refractivity contribution is 0.0697. The van der Waals surface area contributed by atoms with E-state index in [2.05, 4.69) is 9.97 Å². The number of carboxylic acids is 1. The average molecular weight is 272 g/mol. The van der Waals surface area contributed by atoms with Crippen LogP contribution in [0.25, 0.3) is 11.3 Å². The third kappa shape index (κ3) is 2.61. The Balaban J connectivity index is 2.61. The van der Waals surface area contributed by atoms with Crippen LogP contribution in [-0.4, -0.2) is 28.2 Å². The molecule has 0 spiro atoms. The zero-order valence-electron chi connectivity index (χ0n) is 11.7. The Hall–Kier alpha value is -2.43. The number of carboxylic acid groups (broad SMARTS) is 1. The first-order chi connectivity index (χ1) is 9.56. The smallest absolute Gasteiger partial charge is 0.339 e. The fourth-order valence-corrected chi connectivity index (χ4v) is 2.05. The summed E-state index contributed by atoms with van der Waals surface area (Å²) >= 11 is 0. The number of aromatic carboxylic acids is 1. The zero-order chi connectivity index (χ0) is 14.7. The van der Waals surface area contributed by atoms with Gasteiger partial charge in [0.05, 0.1) is 12.8 Å². The third-order valence-corrected chi connectivity index (χ3v) is 3.07. The molecule has 104 valence electrons. The largest absolute Gasteiger partial charge is 0.496 e. The minimum Gasteiger partial charge on any atom is -0.496 e. The van der Waals surface area contributed by atoms with Gasteiger partial charge in [0, 0.05) is 11.8 Å².